The largest absolute Gasteiger partial charge is 0.333 e. The highest BCUT2D eigenvalue weighted by molar-refractivity contribution is 7.84. The van der Waals surface area contributed by atoms with Crippen molar-refractivity contribution in [3.8, 4) is 0 Å². The minimum absolute atomic E-state index is 0.0143. The van der Waals surface area contributed by atoms with Crippen molar-refractivity contribution in [1.29, 1.82) is 0 Å². The van der Waals surface area contributed by atoms with Gasteiger partial charge in [0.1, 0.15) is 0 Å². The second-order valence-electron chi connectivity index (χ2n) is 3.12. The lowest BCUT2D eigenvalue weighted by atomic mass is 10.1. The number of halogens is 2. The standard InChI is InChI=1S/C9H11Cl2NO3S/c10-8-4-1-5-9(11)7(8)3-2-6-15-16(12,13)14/h1,4-5H,2-3,6H2,(H2,12,13,14). The van der Waals surface area contributed by atoms with Crippen LogP contribution in [-0.2, 0) is 20.9 Å². The molecular formula is C9H11Cl2NO3S. The molecule has 1 aromatic carbocycles. The quantitative estimate of drug-likeness (QED) is 0.842. The summed E-state index contributed by atoms with van der Waals surface area (Å²) < 4.78 is 25.4. The summed E-state index contributed by atoms with van der Waals surface area (Å²) in [6.45, 7) is 0.0143. The minimum atomic E-state index is -3.86. The van der Waals surface area contributed by atoms with Crippen LogP contribution in [0.15, 0.2) is 18.2 Å². The highest BCUT2D eigenvalue weighted by atomic mass is 35.5. The molecule has 0 aliphatic heterocycles. The van der Waals surface area contributed by atoms with Crippen LogP contribution in [0.4, 0.5) is 0 Å². The van der Waals surface area contributed by atoms with E-state index in [1.54, 1.807) is 18.2 Å². The molecule has 0 atom stereocenters. The predicted molar refractivity (Wildman–Crippen MR) is 63.8 cm³/mol. The van der Waals surface area contributed by atoms with E-state index in [0.29, 0.717) is 22.9 Å². The number of hydrogen-bond acceptors (Lipinski definition) is 3. The van der Waals surface area contributed by atoms with Gasteiger partial charge in [0, 0.05) is 10.0 Å². The van der Waals surface area contributed by atoms with Crippen molar-refractivity contribution < 1.29 is 12.6 Å². The van der Waals surface area contributed by atoms with Gasteiger partial charge < -0.3 is 0 Å². The molecule has 0 aliphatic rings. The molecule has 0 heterocycles. The summed E-state index contributed by atoms with van der Waals surface area (Å²) in [6, 6.07) is 5.20. The highest BCUT2D eigenvalue weighted by Crippen LogP contribution is 2.25. The summed E-state index contributed by atoms with van der Waals surface area (Å²) in [5.74, 6) is 0. The average molecular weight is 284 g/mol. The summed E-state index contributed by atoms with van der Waals surface area (Å²) >= 11 is 11.9. The fourth-order valence-corrected chi connectivity index (χ4v) is 2.13. The van der Waals surface area contributed by atoms with Crippen LogP contribution in [0.2, 0.25) is 10.0 Å². The van der Waals surface area contributed by atoms with E-state index in [2.05, 4.69) is 9.32 Å². The number of hydrogen-bond donors (Lipinski definition) is 1. The summed E-state index contributed by atoms with van der Waals surface area (Å²) in [5, 5.41) is 5.79. The molecule has 1 rings (SSSR count). The SMILES string of the molecule is NS(=O)(=O)OCCCc1c(Cl)cccc1Cl. The Morgan fingerprint density at radius 1 is 1.25 bits per heavy atom. The summed E-state index contributed by atoms with van der Waals surface area (Å²) in [6.07, 6.45) is 1.01. The molecule has 16 heavy (non-hydrogen) atoms. The molecule has 0 saturated heterocycles. The molecule has 0 fully saturated rings. The Morgan fingerprint density at radius 3 is 2.31 bits per heavy atom. The van der Waals surface area contributed by atoms with Gasteiger partial charge in [-0.15, -0.1) is 0 Å². The Morgan fingerprint density at radius 2 is 1.81 bits per heavy atom. The summed E-state index contributed by atoms with van der Waals surface area (Å²) in [7, 11) is -3.86. The van der Waals surface area contributed by atoms with E-state index in [-0.39, 0.29) is 6.61 Å². The van der Waals surface area contributed by atoms with Gasteiger partial charge in [0.05, 0.1) is 6.61 Å². The van der Waals surface area contributed by atoms with Crippen molar-refractivity contribution in [2.45, 2.75) is 12.8 Å². The minimum Gasteiger partial charge on any atom is -0.258 e. The van der Waals surface area contributed by atoms with Crippen LogP contribution in [0.5, 0.6) is 0 Å². The molecule has 1 aromatic rings. The first kappa shape index (κ1) is 13.7. The van der Waals surface area contributed by atoms with Crippen LogP contribution in [0.25, 0.3) is 0 Å². The topological polar surface area (TPSA) is 69.4 Å². The van der Waals surface area contributed by atoms with Gasteiger partial charge in [-0.2, -0.15) is 8.42 Å². The second kappa shape index (κ2) is 5.84. The fraction of sp³-hybridized carbons (Fsp3) is 0.333. The van der Waals surface area contributed by atoms with Crippen molar-refractivity contribution >= 4 is 33.5 Å². The van der Waals surface area contributed by atoms with Gasteiger partial charge in [-0.05, 0) is 30.5 Å². The van der Waals surface area contributed by atoms with Crippen LogP contribution in [0.1, 0.15) is 12.0 Å². The third-order valence-electron chi connectivity index (χ3n) is 1.88. The first-order valence-corrected chi connectivity index (χ1v) is 6.73. The zero-order valence-corrected chi connectivity index (χ0v) is 10.6. The van der Waals surface area contributed by atoms with Gasteiger partial charge in [0.15, 0.2) is 0 Å². The Hall–Kier alpha value is -0.330. The number of benzene rings is 1. The molecule has 7 heteroatoms. The number of rotatable bonds is 5. The Bertz CT molecular complexity index is 442. The van der Waals surface area contributed by atoms with E-state index in [0.717, 1.165) is 5.56 Å². The average Bonchev–Trinajstić information content (AvgIpc) is 2.14. The van der Waals surface area contributed by atoms with E-state index >= 15 is 0 Å². The van der Waals surface area contributed by atoms with Crippen LogP contribution in [-0.4, -0.2) is 15.0 Å². The van der Waals surface area contributed by atoms with Gasteiger partial charge >= 0.3 is 10.3 Å². The predicted octanol–water partition coefficient (Wildman–Crippen LogP) is 2.15. The van der Waals surface area contributed by atoms with Crippen LogP contribution < -0.4 is 5.14 Å². The van der Waals surface area contributed by atoms with Gasteiger partial charge in [-0.25, -0.2) is 5.14 Å². The number of nitrogens with two attached hydrogens (primary N) is 1. The van der Waals surface area contributed by atoms with E-state index in [4.69, 9.17) is 23.2 Å². The maximum absolute atomic E-state index is 10.5. The maximum atomic E-state index is 10.5. The van der Waals surface area contributed by atoms with E-state index in [1.807, 2.05) is 0 Å². The van der Waals surface area contributed by atoms with E-state index < -0.39 is 10.3 Å². The Labute approximate surface area is 105 Å². The first-order chi connectivity index (χ1) is 7.40. The van der Waals surface area contributed by atoms with Gasteiger partial charge in [-0.1, -0.05) is 29.3 Å². The monoisotopic (exact) mass is 283 g/mol. The van der Waals surface area contributed by atoms with Crippen LogP contribution in [0, 0.1) is 0 Å². The highest BCUT2D eigenvalue weighted by Gasteiger charge is 2.06. The Balaban J connectivity index is 2.49. The lowest BCUT2D eigenvalue weighted by molar-refractivity contribution is 0.313. The van der Waals surface area contributed by atoms with Gasteiger partial charge in [0.2, 0.25) is 0 Å². The molecular weight excluding hydrogens is 273 g/mol. The maximum Gasteiger partial charge on any atom is 0.333 e. The van der Waals surface area contributed by atoms with Crippen molar-refractivity contribution in [2.24, 2.45) is 5.14 Å². The lowest BCUT2D eigenvalue weighted by Gasteiger charge is -2.06. The van der Waals surface area contributed by atoms with Crippen molar-refractivity contribution in [3.05, 3.63) is 33.8 Å². The van der Waals surface area contributed by atoms with Crippen molar-refractivity contribution in [2.75, 3.05) is 6.61 Å². The smallest absolute Gasteiger partial charge is 0.258 e. The Kier molecular flexibility index (Phi) is 5.01. The molecule has 2 N–H and O–H groups in total. The molecule has 0 aromatic heterocycles. The molecule has 4 nitrogen and oxygen atoms in total. The van der Waals surface area contributed by atoms with Crippen LogP contribution >= 0.6 is 23.2 Å². The van der Waals surface area contributed by atoms with Gasteiger partial charge in [0.25, 0.3) is 0 Å². The second-order valence-corrected chi connectivity index (χ2v) is 5.15. The van der Waals surface area contributed by atoms with E-state index in [1.165, 1.54) is 0 Å². The van der Waals surface area contributed by atoms with Crippen molar-refractivity contribution in [1.82, 2.24) is 0 Å². The molecule has 0 bridgehead atoms. The molecule has 0 spiro atoms. The third kappa shape index (κ3) is 4.67. The molecule has 90 valence electrons. The summed E-state index contributed by atoms with van der Waals surface area (Å²) in [4.78, 5) is 0. The molecule has 0 amide bonds. The van der Waals surface area contributed by atoms with E-state index in [9.17, 15) is 8.42 Å². The molecule has 0 saturated carbocycles. The van der Waals surface area contributed by atoms with Crippen LogP contribution in [0.3, 0.4) is 0 Å². The summed E-state index contributed by atoms with van der Waals surface area (Å²) in [5.41, 5.74) is 0.781. The lowest BCUT2D eigenvalue weighted by Crippen LogP contribution is -2.16. The molecule has 0 aliphatic carbocycles. The molecule has 0 radical (unpaired) electrons. The fourth-order valence-electron chi connectivity index (χ4n) is 1.20. The molecule has 0 unspecified atom stereocenters. The zero-order valence-electron chi connectivity index (χ0n) is 8.32. The normalized spacial score (nSPS) is 11.7. The zero-order chi connectivity index (χ0) is 12.2. The third-order valence-corrected chi connectivity index (χ3v) is 3.08. The van der Waals surface area contributed by atoms with Gasteiger partial charge in [-0.3, -0.25) is 4.18 Å². The first-order valence-electron chi connectivity index (χ1n) is 4.50. The van der Waals surface area contributed by atoms with Crippen molar-refractivity contribution in [3.63, 3.8) is 0 Å².